The van der Waals surface area contributed by atoms with Crippen LogP contribution in [0, 0.1) is 5.92 Å². The van der Waals surface area contributed by atoms with Crippen molar-refractivity contribution >= 4 is 22.6 Å². The summed E-state index contributed by atoms with van der Waals surface area (Å²) in [7, 11) is 0. The summed E-state index contributed by atoms with van der Waals surface area (Å²) >= 11 is 2.43. The van der Waals surface area contributed by atoms with Crippen molar-refractivity contribution in [3.8, 4) is 0 Å². The van der Waals surface area contributed by atoms with E-state index in [-0.39, 0.29) is 0 Å². The van der Waals surface area contributed by atoms with E-state index in [4.69, 9.17) is 0 Å². The Morgan fingerprint density at radius 1 is 1.17 bits per heavy atom. The van der Waals surface area contributed by atoms with Gasteiger partial charge in [0.05, 0.1) is 0 Å². The molecule has 1 rings (SSSR count). The van der Waals surface area contributed by atoms with Gasteiger partial charge in [0.25, 0.3) is 0 Å². The lowest BCUT2D eigenvalue weighted by atomic mass is 9.99. The maximum atomic E-state index is 2.43. The fraction of sp³-hybridized carbons (Fsp3) is 0.455. The van der Waals surface area contributed by atoms with Gasteiger partial charge >= 0.3 is 0 Å². The Bertz CT molecular complexity index is 241. The molecule has 0 aromatic heterocycles. The molecule has 66 valence electrons. The van der Waals surface area contributed by atoms with E-state index in [0.717, 1.165) is 10.3 Å². The maximum absolute atomic E-state index is 2.43. The molecule has 0 radical (unpaired) electrons. The highest BCUT2D eigenvalue weighted by Gasteiger charge is 2.01. The van der Waals surface area contributed by atoms with E-state index in [2.05, 4.69) is 60.7 Å². The SMILES string of the molecule is CC(C)Cc1ccccc1CI. The van der Waals surface area contributed by atoms with Crippen LogP contribution in [0.4, 0.5) is 0 Å². The van der Waals surface area contributed by atoms with E-state index in [0.29, 0.717) is 0 Å². The molecule has 1 aromatic rings. The Hall–Kier alpha value is -0.0500. The third-order valence-corrected chi connectivity index (χ3v) is 2.71. The molecule has 0 aliphatic carbocycles. The van der Waals surface area contributed by atoms with Gasteiger partial charge in [-0.1, -0.05) is 60.7 Å². The zero-order valence-corrected chi connectivity index (χ0v) is 9.84. The number of rotatable bonds is 3. The van der Waals surface area contributed by atoms with Crippen molar-refractivity contribution in [3.63, 3.8) is 0 Å². The predicted octanol–water partition coefficient (Wildman–Crippen LogP) is 3.82. The lowest BCUT2D eigenvalue weighted by Gasteiger charge is -2.08. The van der Waals surface area contributed by atoms with Gasteiger partial charge in [-0.15, -0.1) is 0 Å². The lowest BCUT2D eigenvalue weighted by Crippen LogP contribution is -1.97. The molecular formula is C11H15I. The lowest BCUT2D eigenvalue weighted by molar-refractivity contribution is 0.645. The van der Waals surface area contributed by atoms with Crippen molar-refractivity contribution < 1.29 is 0 Å². The van der Waals surface area contributed by atoms with Crippen molar-refractivity contribution in [2.24, 2.45) is 5.92 Å². The van der Waals surface area contributed by atoms with Crippen LogP contribution in [0.1, 0.15) is 25.0 Å². The second-order valence-corrected chi connectivity index (χ2v) is 4.26. The summed E-state index contributed by atoms with van der Waals surface area (Å²) in [6.07, 6.45) is 1.21. The Morgan fingerprint density at radius 2 is 1.75 bits per heavy atom. The summed E-state index contributed by atoms with van der Waals surface area (Å²) in [4.78, 5) is 0. The molecule has 0 heterocycles. The fourth-order valence-corrected chi connectivity index (χ4v) is 2.07. The third kappa shape index (κ3) is 2.77. The standard InChI is InChI=1S/C11H15I/c1-9(2)7-10-5-3-4-6-11(10)8-12/h3-6,9H,7-8H2,1-2H3. The molecule has 0 aliphatic rings. The molecule has 0 fully saturated rings. The molecule has 0 atom stereocenters. The number of halogens is 1. The summed E-state index contributed by atoms with van der Waals surface area (Å²) < 4.78 is 1.13. The van der Waals surface area contributed by atoms with Gasteiger partial charge in [-0.25, -0.2) is 0 Å². The minimum atomic E-state index is 0.758. The highest BCUT2D eigenvalue weighted by Crippen LogP contribution is 2.16. The topological polar surface area (TPSA) is 0 Å². The molecule has 0 aliphatic heterocycles. The summed E-state index contributed by atoms with van der Waals surface area (Å²) in [5, 5.41) is 0. The molecule has 0 N–H and O–H groups in total. The summed E-state index contributed by atoms with van der Waals surface area (Å²) in [6.45, 7) is 4.54. The second kappa shape index (κ2) is 4.85. The minimum absolute atomic E-state index is 0.758. The Morgan fingerprint density at radius 3 is 2.25 bits per heavy atom. The van der Waals surface area contributed by atoms with E-state index in [9.17, 15) is 0 Å². The van der Waals surface area contributed by atoms with Gasteiger partial charge in [-0.05, 0) is 23.5 Å². The van der Waals surface area contributed by atoms with Crippen LogP contribution >= 0.6 is 22.6 Å². The predicted molar refractivity (Wildman–Crippen MR) is 62.7 cm³/mol. The van der Waals surface area contributed by atoms with E-state index in [1.54, 1.807) is 0 Å². The Balaban J connectivity index is 2.82. The van der Waals surface area contributed by atoms with Crippen LogP contribution in [-0.4, -0.2) is 0 Å². The average molecular weight is 274 g/mol. The largest absolute Gasteiger partial charge is 0.0812 e. The maximum Gasteiger partial charge on any atom is 0.0249 e. The molecule has 12 heavy (non-hydrogen) atoms. The van der Waals surface area contributed by atoms with E-state index < -0.39 is 0 Å². The first kappa shape index (κ1) is 10.0. The van der Waals surface area contributed by atoms with Crippen LogP contribution in [-0.2, 0) is 10.8 Å². The highest BCUT2D eigenvalue weighted by atomic mass is 127. The molecule has 0 spiro atoms. The first-order valence-electron chi connectivity index (χ1n) is 4.36. The molecule has 0 saturated carbocycles. The average Bonchev–Trinajstić information content (AvgIpc) is 2.04. The number of alkyl halides is 1. The van der Waals surface area contributed by atoms with Crippen LogP contribution in [0.3, 0.4) is 0 Å². The van der Waals surface area contributed by atoms with Crippen LogP contribution in [0.15, 0.2) is 24.3 Å². The fourth-order valence-electron chi connectivity index (χ4n) is 1.33. The van der Waals surface area contributed by atoms with Gasteiger partial charge in [0.15, 0.2) is 0 Å². The first-order valence-corrected chi connectivity index (χ1v) is 5.89. The molecule has 0 saturated heterocycles. The van der Waals surface area contributed by atoms with Gasteiger partial charge in [0.1, 0.15) is 0 Å². The number of benzene rings is 1. The second-order valence-electron chi connectivity index (χ2n) is 3.50. The van der Waals surface area contributed by atoms with Crippen LogP contribution < -0.4 is 0 Å². The zero-order valence-electron chi connectivity index (χ0n) is 7.68. The van der Waals surface area contributed by atoms with Gasteiger partial charge in [0, 0.05) is 4.43 Å². The first-order chi connectivity index (χ1) is 5.74. The number of hydrogen-bond donors (Lipinski definition) is 0. The minimum Gasteiger partial charge on any atom is -0.0812 e. The van der Waals surface area contributed by atoms with Gasteiger partial charge in [0.2, 0.25) is 0 Å². The summed E-state index contributed by atoms with van der Waals surface area (Å²) in [5.41, 5.74) is 3.01. The zero-order chi connectivity index (χ0) is 8.97. The van der Waals surface area contributed by atoms with Crippen molar-refractivity contribution in [3.05, 3.63) is 35.4 Å². The van der Waals surface area contributed by atoms with Crippen LogP contribution in [0.5, 0.6) is 0 Å². The molecule has 0 unspecified atom stereocenters. The molecule has 0 amide bonds. The summed E-state index contributed by atoms with van der Waals surface area (Å²) in [5.74, 6) is 0.758. The monoisotopic (exact) mass is 274 g/mol. The van der Waals surface area contributed by atoms with Crippen molar-refractivity contribution in [2.75, 3.05) is 0 Å². The normalized spacial score (nSPS) is 10.7. The third-order valence-electron chi connectivity index (χ3n) is 1.89. The summed E-state index contributed by atoms with van der Waals surface area (Å²) in [6, 6.07) is 8.73. The molecule has 1 aromatic carbocycles. The van der Waals surface area contributed by atoms with E-state index in [1.807, 2.05) is 0 Å². The van der Waals surface area contributed by atoms with Gasteiger partial charge in [-0.3, -0.25) is 0 Å². The van der Waals surface area contributed by atoms with Gasteiger partial charge in [-0.2, -0.15) is 0 Å². The molecule has 0 bridgehead atoms. The molecular weight excluding hydrogens is 259 g/mol. The smallest absolute Gasteiger partial charge is 0.0249 e. The van der Waals surface area contributed by atoms with Crippen molar-refractivity contribution in [2.45, 2.75) is 24.7 Å². The van der Waals surface area contributed by atoms with Gasteiger partial charge < -0.3 is 0 Å². The highest BCUT2D eigenvalue weighted by molar-refractivity contribution is 14.1. The van der Waals surface area contributed by atoms with Crippen LogP contribution in [0.25, 0.3) is 0 Å². The molecule has 0 nitrogen and oxygen atoms in total. The van der Waals surface area contributed by atoms with Crippen LogP contribution in [0.2, 0.25) is 0 Å². The number of hydrogen-bond acceptors (Lipinski definition) is 0. The Kier molecular flexibility index (Phi) is 4.06. The quantitative estimate of drug-likeness (QED) is 0.580. The van der Waals surface area contributed by atoms with Crippen molar-refractivity contribution in [1.29, 1.82) is 0 Å². The van der Waals surface area contributed by atoms with E-state index >= 15 is 0 Å². The van der Waals surface area contributed by atoms with Crippen molar-refractivity contribution in [1.82, 2.24) is 0 Å². The Labute approximate surface area is 88.5 Å². The molecule has 1 heteroatoms. The van der Waals surface area contributed by atoms with E-state index in [1.165, 1.54) is 17.5 Å².